The highest BCUT2D eigenvalue weighted by Gasteiger charge is 2.19. The lowest BCUT2D eigenvalue weighted by Gasteiger charge is -2.08. The van der Waals surface area contributed by atoms with Gasteiger partial charge in [0.1, 0.15) is 5.69 Å². The zero-order valence-corrected chi connectivity index (χ0v) is 15.5. The van der Waals surface area contributed by atoms with E-state index < -0.39 is 11.5 Å². The fourth-order valence-electron chi connectivity index (χ4n) is 2.68. The Balaban J connectivity index is 2.08. The van der Waals surface area contributed by atoms with Crippen LogP contribution < -0.4 is 10.9 Å². The number of H-pyrrole nitrogens is 1. The average molecular weight is 377 g/mol. The number of carbonyl (C=O) groups excluding carboxylic acids is 2. The van der Waals surface area contributed by atoms with Crippen LogP contribution in [0.15, 0.2) is 53.3 Å². The summed E-state index contributed by atoms with van der Waals surface area (Å²) in [6.45, 7) is 3.28. The SMILES string of the molecule is CCOC(=O)/C(=C\c1ccc(NC(C)=O)cc1)c1nc2ccccc2[nH]c1=O. The number of ether oxygens (including phenoxy) is 1. The lowest BCUT2D eigenvalue weighted by molar-refractivity contribution is -0.136. The van der Waals surface area contributed by atoms with Gasteiger partial charge in [-0.1, -0.05) is 24.3 Å². The molecule has 0 saturated heterocycles. The zero-order valence-electron chi connectivity index (χ0n) is 15.5. The summed E-state index contributed by atoms with van der Waals surface area (Å²) in [6, 6.07) is 13.9. The Morgan fingerprint density at radius 1 is 1.14 bits per heavy atom. The van der Waals surface area contributed by atoms with Gasteiger partial charge in [-0.15, -0.1) is 0 Å². The van der Waals surface area contributed by atoms with Gasteiger partial charge in [0.15, 0.2) is 0 Å². The van der Waals surface area contributed by atoms with Crippen molar-refractivity contribution in [2.75, 3.05) is 11.9 Å². The van der Waals surface area contributed by atoms with Crippen LogP contribution in [-0.2, 0) is 14.3 Å². The Labute approximate surface area is 161 Å². The number of amides is 1. The van der Waals surface area contributed by atoms with E-state index in [1.807, 2.05) is 0 Å². The van der Waals surface area contributed by atoms with Gasteiger partial charge in [0.05, 0.1) is 23.2 Å². The quantitative estimate of drug-likeness (QED) is 0.526. The predicted molar refractivity (Wildman–Crippen MR) is 108 cm³/mol. The molecular weight excluding hydrogens is 358 g/mol. The summed E-state index contributed by atoms with van der Waals surface area (Å²) >= 11 is 0. The number of rotatable bonds is 5. The molecule has 0 fully saturated rings. The van der Waals surface area contributed by atoms with Gasteiger partial charge < -0.3 is 15.0 Å². The number of nitrogens with zero attached hydrogens (tertiary/aromatic N) is 1. The summed E-state index contributed by atoms with van der Waals surface area (Å²) < 4.78 is 5.12. The summed E-state index contributed by atoms with van der Waals surface area (Å²) in [6.07, 6.45) is 1.54. The largest absolute Gasteiger partial charge is 0.462 e. The fourth-order valence-corrected chi connectivity index (χ4v) is 2.68. The van der Waals surface area contributed by atoms with E-state index >= 15 is 0 Å². The van der Waals surface area contributed by atoms with Crippen molar-refractivity contribution in [3.05, 3.63) is 70.1 Å². The van der Waals surface area contributed by atoms with Gasteiger partial charge in [-0.3, -0.25) is 9.59 Å². The van der Waals surface area contributed by atoms with Crippen LogP contribution in [0.5, 0.6) is 0 Å². The molecule has 0 aliphatic rings. The first-order valence-corrected chi connectivity index (χ1v) is 8.74. The number of para-hydroxylation sites is 2. The molecule has 0 saturated carbocycles. The van der Waals surface area contributed by atoms with E-state index in [2.05, 4.69) is 15.3 Å². The molecule has 2 aromatic carbocycles. The molecule has 0 radical (unpaired) electrons. The van der Waals surface area contributed by atoms with Crippen molar-refractivity contribution in [3.8, 4) is 0 Å². The van der Waals surface area contributed by atoms with Crippen molar-refractivity contribution < 1.29 is 14.3 Å². The Hall–Kier alpha value is -3.74. The number of benzene rings is 2. The van der Waals surface area contributed by atoms with Gasteiger partial charge >= 0.3 is 5.97 Å². The smallest absolute Gasteiger partial charge is 0.340 e. The normalized spacial score (nSPS) is 11.3. The van der Waals surface area contributed by atoms with Crippen LogP contribution in [0.25, 0.3) is 22.7 Å². The molecule has 0 bridgehead atoms. The Kier molecular flexibility index (Phi) is 5.64. The van der Waals surface area contributed by atoms with Crippen molar-refractivity contribution in [1.82, 2.24) is 9.97 Å². The van der Waals surface area contributed by atoms with Crippen LogP contribution in [0.3, 0.4) is 0 Å². The van der Waals surface area contributed by atoms with Crippen molar-refractivity contribution in [2.24, 2.45) is 0 Å². The number of aromatic nitrogens is 2. The molecule has 0 atom stereocenters. The number of anilines is 1. The Morgan fingerprint density at radius 3 is 2.54 bits per heavy atom. The highest BCUT2D eigenvalue weighted by molar-refractivity contribution is 6.21. The molecule has 0 aliphatic heterocycles. The first-order chi connectivity index (χ1) is 13.5. The lowest BCUT2D eigenvalue weighted by atomic mass is 10.1. The molecule has 1 amide bonds. The summed E-state index contributed by atoms with van der Waals surface area (Å²) in [7, 11) is 0. The third kappa shape index (κ3) is 4.32. The number of fused-ring (bicyclic) bond motifs is 1. The highest BCUT2D eigenvalue weighted by Crippen LogP contribution is 2.19. The topological polar surface area (TPSA) is 101 Å². The molecular formula is C21H19N3O4. The minimum atomic E-state index is -0.637. The summed E-state index contributed by atoms with van der Waals surface area (Å²) in [5, 5.41) is 2.67. The lowest BCUT2D eigenvalue weighted by Crippen LogP contribution is -2.19. The minimum absolute atomic E-state index is 0.0110. The molecule has 7 heteroatoms. The summed E-state index contributed by atoms with van der Waals surface area (Å²) in [5.74, 6) is -0.816. The number of aromatic amines is 1. The second-order valence-corrected chi connectivity index (χ2v) is 6.01. The standard InChI is InChI=1S/C21H19N3O4/c1-3-28-21(27)16(12-14-8-10-15(11-9-14)22-13(2)25)19-20(26)24-18-7-5-4-6-17(18)23-19/h4-12H,3H2,1-2H3,(H,22,25)(H,24,26)/b16-12-. The van der Waals surface area contributed by atoms with Crippen LogP contribution in [0.1, 0.15) is 25.1 Å². The van der Waals surface area contributed by atoms with E-state index in [1.54, 1.807) is 61.5 Å². The minimum Gasteiger partial charge on any atom is -0.462 e. The van der Waals surface area contributed by atoms with Gasteiger partial charge in [0, 0.05) is 12.6 Å². The molecule has 0 aliphatic carbocycles. The van der Waals surface area contributed by atoms with E-state index in [9.17, 15) is 14.4 Å². The van der Waals surface area contributed by atoms with Gasteiger partial charge in [-0.05, 0) is 42.8 Å². The maximum atomic E-state index is 12.5. The van der Waals surface area contributed by atoms with E-state index in [0.29, 0.717) is 22.3 Å². The molecule has 7 nitrogen and oxygen atoms in total. The highest BCUT2D eigenvalue weighted by atomic mass is 16.5. The molecule has 1 aromatic heterocycles. The summed E-state index contributed by atoms with van der Waals surface area (Å²) in [5.41, 5.74) is 2.00. The maximum absolute atomic E-state index is 12.5. The van der Waals surface area contributed by atoms with Gasteiger partial charge in [-0.2, -0.15) is 0 Å². The molecule has 3 rings (SSSR count). The van der Waals surface area contributed by atoms with Crippen LogP contribution in [0, 0.1) is 0 Å². The van der Waals surface area contributed by atoms with E-state index in [0.717, 1.165) is 0 Å². The molecule has 3 aromatic rings. The van der Waals surface area contributed by atoms with Crippen molar-refractivity contribution in [1.29, 1.82) is 0 Å². The molecule has 28 heavy (non-hydrogen) atoms. The fraction of sp³-hybridized carbons (Fsp3) is 0.143. The van der Waals surface area contributed by atoms with Gasteiger partial charge in [0.25, 0.3) is 5.56 Å². The van der Waals surface area contributed by atoms with Crippen molar-refractivity contribution >= 4 is 40.2 Å². The number of esters is 1. The van der Waals surface area contributed by atoms with Gasteiger partial charge in [0.2, 0.25) is 5.91 Å². The number of hydrogen-bond donors (Lipinski definition) is 2. The number of carbonyl (C=O) groups is 2. The number of hydrogen-bond acceptors (Lipinski definition) is 5. The second-order valence-electron chi connectivity index (χ2n) is 6.01. The average Bonchev–Trinajstić information content (AvgIpc) is 2.67. The number of nitrogens with one attached hydrogen (secondary N) is 2. The zero-order chi connectivity index (χ0) is 20.1. The second kappa shape index (κ2) is 8.30. The van der Waals surface area contributed by atoms with E-state index in [4.69, 9.17) is 4.74 Å². The molecule has 0 spiro atoms. The molecule has 0 unspecified atom stereocenters. The maximum Gasteiger partial charge on any atom is 0.340 e. The Morgan fingerprint density at radius 2 is 1.86 bits per heavy atom. The predicted octanol–water partition coefficient (Wildman–Crippen LogP) is 2.99. The third-order valence-corrected chi connectivity index (χ3v) is 3.89. The Bertz CT molecular complexity index is 1110. The van der Waals surface area contributed by atoms with Gasteiger partial charge in [-0.25, -0.2) is 9.78 Å². The monoisotopic (exact) mass is 377 g/mol. The van der Waals surface area contributed by atoms with Crippen LogP contribution in [-0.4, -0.2) is 28.5 Å². The summed E-state index contributed by atoms with van der Waals surface area (Å²) in [4.78, 5) is 43.3. The van der Waals surface area contributed by atoms with E-state index in [-0.39, 0.29) is 23.8 Å². The first-order valence-electron chi connectivity index (χ1n) is 8.74. The van der Waals surface area contributed by atoms with Crippen molar-refractivity contribution in [2.45, 2.75) is 13.8 Å². The first kappa shape index (κ1) is 19.0. The van der Waals surface area contributed by atoms with Crippen LogP contribution >= 0.6 is 0 Å². The van der Waals surface area contributed by atoms with Crippen LogP contribution in [0.2, 0.25) is 0 Å². The third-order valence-electron chi connectivity index (χ3n) is 3.89. The van der Waals surface area contributed by atoms with Crippen molar-refractivity contribution in [3.63, 3.8) is 0 Å². The molecule has 142 valence electrons. The van der Waals surface area contributed by atoms with Crippen LogP contribution in [0.4, 0.5) is 5.69 Å². The molecule has 1 heterocycles. The molecule has 2 N–H and O–H groups in total. The van der Waals surface area contributed by atoms with E-state index in [1.165, 1.54) is 6.92 Å².